The van der Waals surface area contributed by atoms with Crippen LogP contribution in [0.1, 0.15) is 53.4 Å². The maximum atomic E-state index is 11.8. The van der Waals surface area contributed by atoms with E-state index in [1.807, 2.05) is 6.92 Å². The van der Waals surface area contributed by atoms with Crippen molar-refractivity contribution in [2.24, 2.45) is 0 Å². The Morgan fingerprint density at radius 2 is 1.48 bits per heavy atom. The summed E-state index contributed by atoms with van der Waals surface area (Å²) in [7, 11) is 6.37. The zero-order valence-electron chi connectivity index (χ0n) is 16.3. The molecule has 0 saturated carbocycles. The summed E-state index contributed by atoms with van der Waals surface area (Å²) in [6, 6.07) is 0. The molecule has 0 bridgehead atoms. The number of carbonyl (C=O) groups excluding carboxylic acids is 1. The molecular weight excluding hydrogens is 284 g/mol. The molecule has 3 nitrogen and oxygen atoms in total. The van der Waals surface area contributed by atoms with Gasteiger partial charge in [-0.25, -0.2) is 0 Å². The second kappa shape index (κ2) is 11.2. The smallest absolute Gasteiger partial charge is 0.244 e. The van der Waals surface area contributed by atoms with E-state index < -0.39 is 0 Å². The van der Waals surface area contributed by atoms with Gasteiger partial charge in [0.25, 0.3) is 0 Å². The van der Waals surface area contributed by atoms with Gasteiger partial charge in [-0.15, -0.1) is 0 Å². The summed E-state index contributed by atoms with van der Waals surface area (Å²) in [6.07, 6.45) is 10.5. The number of likely N-dealkylation sites (N-methyl/N-ethyl adjacent to an activating group) is 1. The summed E-state index contributed by atoms with van der Waals surface area (Å²) >= 11 is 0. The zero-order valence-corrected chi connectivity index (χ0v) is 16.3. The van der Waals surface area contributed by atoms with Crippen LogP contribution < -0.4 is 5.32 Å². The molecule has 23 heavy (non-hydrogen) atoms. The number of hydrogen-bond donors (Lipinski definition) is 1. The number of carbonyl (C=O) groups is 1. The minimum absolute atomic E-state index is 0.0280. The first kappa shape index (κ1) is 21.6. The van der Waals surface area contributed by atoms with Gasteiger partial charge in [0.2, 0.25) is 5.91 Å². The number of nitrogens with one attached hydrogen (secondary N) is 1. The highest BCUT2D eigenvalue weighted by atomic mass is 16.1. The maximum absolute atomic E-state index is 11.8. The summed E-state index contributed by atoms with van der Waals surface area (Å²) in [6.45, 7) is 10.2. The molecule has 0 aromatic rings. The minimum Gasteiger partial charge on any atom is -0.347 e. The van der Waals surface area contributed by atoms with Crippen molar-refractivity contribution in [3.05, 3.63) is 34.9 Å². The number of rotatable bonds is 10. The van der Waals surface area contributed by atoms with Gasteiger partial charge >= 0.3 is 0 Å². The van der Waals surface area contributed by atoms with Gasteiger partial charge < -0.3 is 9.80 Å². The topological polar surface area (TPSA) is 29.1 Å². The molecule has 0 saturated heterocycles. The van der Waals surface area contributed by atoms with E-state index in [-0.39, 0.29) is 5.91 Å². The largest absolute Gasteiger partial charge is 0.347 e. The van der Waals surface area contributed by atoms with Crippen LogP contribution in [0.3, 0.4) is 0 Å². The normalized spacial score (nSPS) is 13.0. The number of amides is 1. The van der Waals surface area contributed by atoms with E-state index in [9.17, 15) is 4.79 Å². The molecule has 132 valence electrons. The molecule has 0 heterocycles. The second-order valence-corrected chi connectivity index (χ2v) is 7.70. The lowest BCUT2D eigenvalue weighted by Crippen LogP contribution is -2.41. The van der Waals surface area contributed by atoms with Gasteiger partial charge in [-0.3, -0.25) is 4.79 Å². The highest BCUT2D eigenvalue weighted by molar-refractivity contribution is 5.88. The third kappa shape index (κ3) is 15.3. The predicted octanol–water partition coefficient (Wildman–Crippen LogP) is 4.23. The van der Waals surface area contributed by atoms with Gasteiger partial charge in [0.05, 0.1) is 34.2 Å². The van der Waals surface area contributed by atoms with Gasteiger partial charge in [-0.05, 0) is 53.4 Å². The van der Waals surface area contributed by atoms with Crippen LogP contribution >= 0.6 is 0 Å². The highest BCUT2D eigenvalue weighted by Gasteiger charge is 2.06. The Labute approximate surface area is 143 Å². The van der Waals surface area contributed by atoms with Crippen molar-refractivity contribution in [1.29, 1.82) is 0 Å². The Kier molecular flexibility index (Phi) is 10.6. The van der Waals surface area contributed by atoms with E-state index >= 15 is 0 Å². The molecule has 1 amide bonds. The molecule has 3 heteroatoms. The molecule has 0 aliphatic rings. The van der Waals surface area contributed by atoms with Crippen LogP contribution in [-0.4, -0.2) is 44.6 Å². The average Bonchev–Trinajstić information content (AvgIpc) is 2.36. The molecule has 0 unspecified atom stereocenters. The molecule has 0 atom stereocenters. The Hall–Kier alpha value is -1.35. The van der Waals surface area contributed by atoms with Crippen molar-refractivity contribution < 1.29 is 9.28 Å². The van der Waals surface area contributed by atoms with Gasteiger partial charge in [-0.1, -0.05) is 28.9 Å². The van der Waals surface area contributed by atoms with E-state index in [1.165, 1.54) is 11.1 Å². The van der Waals surface area contributed by atoms with Crippen LogP contribution in [0.2, 0.25) is 0 Å². The van der Waals surface area contributed by atoms with Crippen LogP contribution in [0, 0.1) is 0 Å². The number of allylic oxidation sites excluding steroid dienone is 5. The lowest BCUT2D eigenvalue weighted by atomic mass is 10.1. The van der Waals surface area contributed by atoms with Crippen molar-refractivity contribution in [2.75, 3.05) is 34.2 Å². The SMILES string of the molecule is CC(C)=CCCC(C)=CCCC(C)=CC(=O)NCC[N+](C)(C)C. The molecule has 0 aromatic heterocycles. The summed E-state index contributed by atoms with van der Waals surface area (Å²) < 4.78 is 0.861. The zero-order chi connectivity index (χ0) is 17.9. The lowest BCUT2D eigenvalue weighted by Gasteiger charge is -2.23. The average molecular weight is 322 g/mol. The first-order chi connectivity index (χ1) is 10.6. The van der Waals surface area contributed by atoms with Crippen LogP contribution in [0.15, 0.2) is 34.9 Å². The molecule has 0 fully saturated rings. The summed E-state index contributed by atoms with van der Waals surface area (Å²) in [5, 5.41) is 2.95. The molecule has 0 aliphatic heterocycles. The van der Waals surface area contributed by atoms with E-state index in [1.54, 1.807) is 6.08 Å². The highest BCUT2D eigenvalue weighted by Crippen LogP contribution is 2.11. The fraction of sp³-hybridized carbons (Fsp3) is 0.650. The molecule has 0 aromatic carbocycles. The van der Waals surface area contributed by atoms with Gasteiger partial charge in [0.15, 0.2) is 0 Å². The Morgan fingerprint density at radius 3 is 2.04 bits per heavy atom. The number of nitrogens with zero attached hydrogens (tertiary/aromatic N) is 1. The van der Waals surface area contributed by atoms with Gasteiger partial charge in [0, 0.05) is 6.08 Å². The molecule has 0 radical (unpaired) electrons. The summed E-state index contributed by atoms with van der Waals surface area (Å²) in [5.41, 5.74) is 3.96. The molecule has 0 spiro atoms. The van der Waals surface area contributed by atoms with E-state index in [0.29, 0.717) is 0 Å². The fourth-order valence-electron chi connectivity index (χ4n) is 2.10. The van der Waals surface area contributed by atoms with Crippen LogP contribution in [0.4, 0.5) is 0 Å². The molecule has 1 N–H and O–H groups in total. The van der Waals surface area contributed by atoms with Gasteiger partial charge in [0.1, 0.15) is 0 Å². The Balaban J connectivity index is 4.05. The molecule has 0 rings (SSSR count). The van der Waals surface area contributed by atoms with Crippen molar-refractivity contribution in [1.82, 2.24) is 5.32 Å². The quantitative estimate of drug-likeness (QED) is 0.364. The maximum Gasteiger partial charge on any atom is 0.244 e. The molecule has 0 aliphatic carbocycles. The van der Waals surface area contributed by atoms with Crippen LogP contribution in [0.5, 0.6) is 0 Å². The van der Waals surface area contributed by atoms with Crippen molar-refractivity contribution >= 4 is 5.91 Å². The van der Waals surface area contributed by atoms with Gasteiger partial charge in [-0.2, -0.15) is 0 Å². The van der Waals surface area contributed by atoms with Crippen molar-refractivity contribution in [3.8, 4) is 0 Å². The van der Waals surface area contributed by atoms with Crippen LogP contribution in [-0.2, 0) is 4.79 Å². The van der Waals surface area contributed by atoms with E-state index in [4.69, 9.17) is 0 Å². The monoisotopic (exact) mass is 321 g/mol. The third-order valence-electron chi connectivity index (χ3n) is 3.58. The predicted molar refractivity (Wildman–Crippen MR) is 101 cm³/mol. The van der Waals surface area contributed by atoms with Crippen molar-refractivity contribution in [3.63, 3.8) is 0 Å². The standard InChI is InChI=1S/C20H36N2O/c1-17(2)10-8-11-18(3)12-9-13-19(4)16-20(23)21-14-15-22(5,6)7/h10,12,16H,8-9,11,13-15H2,1-7H3/p+1. The lowest BCUT2D eigenvalue weighted by molar-refractivity contribution is -0.869. The first-order valence-corrected chi connectivity index (χ1v) is 8.64. The second-order valence-electron chi connectivity index (χ2n) is 7.70. The van der Waals surface area contributed by atoms with Crippen molar-refractivity contribution in [2.45, 2.75) is 53.4 Å². The van der Waals surface area contributed by atoms with Crippen LogP contribution in [0.25, 0.3) is 0 Å². The van der Waals surface area contributed by atoms with E-state index in [0.717, 1.165) is 48.8 Å². The summed E-state index contributed by atoms with van der Waals surface area (Å²) in [4.78, 5) is 11.8. The third-order valence-corrected chi connectivity index (χ3v) is 3.58. The number of quaternary nitrogens is 1. The Bertz CT molecular complexity index is 447. The fourth-order valence-corrected chi connectivity index (χ4v) is 2.10. The first-order valence-electron chi connectivity index (χ1n) is 8.64. The molecular formula is C20H37N2O+. The van der Waals surface area contributed by atoms with E-state index in [2.05, 4.69) is 59.4 Å². The number of hydrogen-bond acceptors (Lipinski definition) is 1. The Morgan fingerprint density at radius 1 is 0.913 bits per heavy atom. The summed E-state index contributed by atoms with van der Waals surface area (Å²) in [5.74, 6) is 0.0280. The minimum atomic E-state index is 0.0280.